The lowest BCUT2D eigenvalue weighted by Gasteiger charge is -2.25. The molecule has 0 bridgehead atoms. The molecular formula is C11H21BrO3S. The van der Waals surface area contributed by atoms with E-state index in [-0.39, 0.29) is 11.2 Å². The lowest BCUT2D eigenvalue weighted by molar-refractivity contribution is 0.199. The van der Waals surface area contributed by atoms with Crippen molar-refractivity contribution >= 4 is 25.8 Å². The predicted octanol–water partition coefficient (Wildman–Crippen LogP) is 2.39. The highest BCUT2D eigenvalue weighted by atomic mass is 79.9. The summed E-state index contributed by atoms with van der Waals surface area (Å²) in [6.07, 6.45) is 5.03. The van der Waals surface area contributed by atoms with Crippen molar-refractivity contribution in [1.82, 2.24) is 0 Å². The monoisotopic (exact) mass is 312 g/mol. The van der Waals surface area contributed by atoms with Gasteiger partial charge >= 0.3 is 0 Å². The van der Waals surface area contributed by atoms with Gasteiger partial charge in [-0.25, -0.2) is 8.42 Å². The van der Waals surface area contributed by atoms with Crippen LogP contribution in [0.1, 0.15) is 32.1 Å². The smallest absolute Gasteiger partial charge is 0.150 e. The molecule has 0 amide bonds. The number of hydrogen-bond donors (Lipinski definition) is 0. The Labute approximate surface area is 107 Å². The van der Waals surface area contributed by atoms with Crippen LogP contribution < -0.4 is 0 Å². The van der Waals surface area contributed by atoms with Crippen molar-refractivity contribution in [2.45, 2.75) is 32.1 Å². The van der Waals surface area contributed by atoms with Crippen molar-refractivity contribution in [2.75, 3.05) is 30.6 Å². The molecule has 0 radical (unpaired) electrons. The summed E-state index contributed by atoms with van der Waals surface area (Å²) in [6, 6.07) is 0. The summed E-state index contributed by atoms with van der Waals surface area (Å²) in [6.45, 7) is 0.528. The molecule has 5 heteroatoms. The highest BCUT2D eigenvalue weighted by molar-refractivity contribution is 9.09. The molecule has 1 aliphatic rings. The summed E-state index contributed by atoms with van der Waals surface area (Å²) in [5, 5.41) is 0.809. The minimum Gasteiger partial charge on any atom is -0.385 e. The van der Waals surface area contributed by atoms with Gasteiger partial charge in [-0.3, -0.25) is 0 Å². The highest BCUT2D eigenvalue weighted by Crippen LogP contribution is 2.40. The Balaban J connectivity index is 2.50. The Bertz CT molecular complexity index is 294. The molecule has 1 saturated carbocycles. The fourth-order valence-corrected chi connectivity index (χ4v) is 5.45. The van der Waals surface area contributed by atoms with Gasteiger partial charge in [-0.05, 0) is 24.7 Å². The van der Waals surface area contributed by atoms with Crippen LogP contribution in [0.2, 0.25) is 0 Å². The van der Waals surface area contributed by atoms with E-state index in [4.69, 9.17) is 4.74 Å². The first-order valence-electron chi connectivity index (χ1n) is 5.79. The van der Waals surface area contributed by atoms with E-state index in [1.165, 1.54) is 12.8 Å². The molecule has 0 atom stereocenters. The molecule has 0 aromatic carbocycles. The van der Waals surface area contributed by atoms with Gasteiger partial charge in [0.15, 0.2) is 9.84 Å². The number of methoxy groups -OCH3 is 1. The second kappa shape index (κ2) is 6.36. The largest absolute Gasteiger partial charge is 0.385 e. The maximum atomic E-state index is 11.9. The fraction of sp³-hybridized carbons (Fsp3) is 1.00. The van der Waals surface area contributed by atoms with Crippen LogP contribution in [0, 0.1) is 5.41 Å². The van der Waals surface area contributed by atoms with E-state index in [9.17, 15) is 8.42 Å². The van der Waals surface area contributed by atoms with E-state index in [1.54, 1.807) is 7.11 Å². The molecule has 96 valence electrons. The van der Waals surface area contributed by atoms with E-state index >= 15 is 0 Å². The second-order valence-electron chi connectivity index (χ2n) is 4.78. The van der Waals surface area contributed by atoms with Gasteiger partial charge in [-0.1, -0.05) is 28.8 Å². The Kier molecular flexibility index (Phi) is 5.74. The molecule has 1 fully saturated rings. The summed E-state index contributed by atoms with van der Waals surface area (Å²) in [5.41, 5.74) is 0.00586. The first-order valence-corrected chi connectivity index (χ1v) is 8.73. The van der Waals surface area contributed by atoms with E-state index < -0.39 is 9.84 Å². The molecule has 0 saturated heterocycles. The zero-order valence-corrected chi connectivity index (χ0v) is 12.3. The van der Waals surface area contributed by atoms with Gasteiger partial charge in [-0.2, -0.15) is 0 Å². The third-order valence-corrected chi connectivity index (χ3v) is 6.43. The number of sulfone groups is 1. The van der Waals surface area contributed by atoms with E-state index in [1.807, 2.05) is 0 Å². The molecule has 1 rings (SSSR count). The van der Waals surface area contributed by atoms with Crippen LogP contribution in [0.5, 0.6) is 0 Å². The SMILES string of the molecule is COCCCS(=O)(=O)CC1(CBr)CCCC1. The van der Waals surface area contributed by atoms with Gasteiger partial charge < -0.3 is 4.74 Å². The lowest BCUT2D eigenvalue weighted by atomic mass is 9.92. The molecule has 1 aliphatic carbocycles. The van der Waals surface area contributed by atoms with Gasteiger partial charge in [0, 0.05) is 19.0 Å². The molecule has 0 N–H and O–H groups in total. The maximum absolute atomic E-state index is 11.9. The number of ether oxygens (including phenoxy) is 1. The number of halogens is 1. The first kappa shape index (κ1) is 14.5. The van der Waals surface area contributed by atoms with Crippen LogP contribution in [0.15, 0.2) is 0 Å². The zero-order valence-electron chi connectivity index (χ0n) is 9.87. The Morgan fingerprint density at radius 2 is 1.94 bits per heavy atom. The molecule has 0 heterocycles. The first-order chi connectivity index (χ1) is 7.54. The average Bonchev–Trinajstić information content (AvgIpc) is 2.66. The van der Waals surface area contributed by atoms with Crippen molar-refractivity contribution in [2.24, 2.45) is 5.41 Å². The maximum Gasteiger partial charge on any atom is 0.150 e. The Morgan fingerprint density at radius 3 is 2.44 bits per heavy atom. The summed E-state index contributed by atoms with van der Waals surface area (Å²) < 4.78 is 28.8. The molecule has 0 aliphatic heterocycles. The molecule has 0 aromatic heterocycles. The fourth-order valence-electron chi connectivity index (χ4n) is 2.40. The summed E-state index contributed by atoms with van der Waals surface area (Å²) in [7, 11) is -1.32. The van der Waals surface area contributed by atoms with Gasteiger partial charge in [0.1, 0.15) is 0 Å². The van der Waals surface area contributed by atoms with E-state index in [0.717, 1.165) is 18.2 Å². The van der Waals surface area contributed by atoms with Crippen LogP contribution in [0.4, 0.5) is 0 Å². The van der Waals surface area contributed by atoms with Gasteiger partial charge in [0.2, 0.25) is 0 Å². The molecule has 16 heavy (non-hydrogen) atoms. The minimum atomic E-state index is -2.92. The third kappa shape index (κ3) is 4.34. The van der Waals surface area contributed by atoms with Gasteiger partial charge in [0.05, 0.1) is 11.5 Å². The summed E-state index contributed by atoms with van der Waals surface area (Å²) in [5.74, 6) is 0.602. The number of hydrogen-bond acceptors (Lipinski definition) is 3. The lowest BCUT2D eigenvalue weighted by Crippen LogP contribution is -2.30. The average molecular weight is 313 g/mol. The Morgan fingerprint density at radius 1 is 1.31 bits per heavy atom. The van der Waals surface area contributed by atoms with Crippen LogP contribution in [0.3, 0.4) is 0 Å². The summed E-state index contributed by atoms with van der Waals surface area (Å²) >= 11 is 3.48. The van der Waals surface area contributed by atoms with Crippen LogP contribution >= 0.6 is 15.9 Å². The van der Waals surface area contributed by atoms with Crippen LogP contribution in [0.25, 0.3) is 0 Å². The number of alkyl halides is 1. The topological polar surface area (TPSA) is 43.4 Å². The van der Waals surface area contributed by atoms with Gasteiger partial charge in [0.25, 0.3) is 0 Å². The van der Waals surface area contributed by atoms with Crippen molar-refractivity contribution in [1.29, 1.82) is 0 Å². The molecule has 0 unspecified atom stereocenters. The third-order valence-electron chi connectivity index (χ3n) is 3.28. The van der Waals surface area contributed by atoms with Crippen LogP contribution in [-0.4, -0.2) is 39.0 Å². The predicted molar refractivity (Wildman–Crippen MR) is 69.8 cm³/mol. The molecule has 3 nitrogen and oxygen atoms in total. The van der Waals surface area contributed by atoms with E-state index in [0.29, 0.717) is 18.8 Å². The molecule has 0 aromatic rings. The van der Waals surface area contributed by atoms with Crippen molar-refractivity contribution in [3.8, 4) is 0 Å². The molecular weight excluding hydrogens is 292 g/mol. The van der Waals surface area contributed by atoms with Crippen molar-refractivity contribution < 1.29 is 13.2 Å². The minimum absolute atomic E-state index is 0.00586. The van der Waals surface area contributed by atoms with Crippen molar-refractivity contribution in [3.63, 3.8) is 0 Å². The normalized spacial score (nSPS) is 20.1. The number of rotatable bonds is 7. The van der Waals surface area contributed by atoms with Gasteiger partial charge in [-0.15, -0.1) is 0 Å². The molecule has 0 spiro atoms. The van der Waals surface area contributed by atoms with Crippen molar-refractivity contribution in [3.05, 3.63) is 0 Å². The Hall–Kier alpha value is 0.390. The highest BCUT2D eigenvalue weighted by Gasteiger charge is 2.36. The summed E-state index contributed by atoms with van der Waals surface area (Å²) in [4.78, 5) is 0. The second-order valence-corrected chi connectivity index (χ2v) is 7.52. The van der Waals surface area contributed by atoms with E-state index in [2.05, 4.69) is 15.9 Å². The zero-order chi connectivity index (χ0) is 12.1. The standard InChI is InChI=1S/C11H21BrO3S/c1-15-7-4-8-16(13,14)10-11(9-12)5-2-3-6-11/h2-10H2,1H3. The quantitative estimate of drug-likeness (QED) is 0.535. The van der Waals surface area contributed by atoms with Crippen LogP contribution in [-0.2, 0) is 14.6 Å².